The summed E-state index contributed by atoms with van der Waals surface area (Å²) in [5, 5.41) is 39.5. The second-order valence-electron chi connectivity index (χ2n) is 21.9. The SMILES string of the molecule is C=C/C=C\C.Cc1ccc2c(c1)c1cc(C)ccc1n2-c1cc2c(c(-n3c4ccc(C)cc4c4cc(C#N)ccc43)c1)Cc1c-2cc(-n2c3ccc(C)cc3c3cc(C#N)ccc32)cc1-n1c2ccc(C)cc2c2cc(C#N)ccc21. The van der Waals surface area contributed by atoms with E-state index in [0.29, 0.717) is 23.1 Å². The third kappa shape index (κ3) is 7.46. The molecule has 15 rings (SSSR count). The molecule has 4 heterocycles. The molecule has 14 aromatic rings. The maximum atomic E-state index is 10.3. The highest BCUT2D eigenvalue weighted by atomic mass is 15.0. The smallest absolute Gasteiger partial charge is 0.0991 e. The Bertz CT molecular complexity index is 5210. The van der Waals surface area contributed by atoms with E-state index in [1.165, 1.54) is 33.0 Å². The van der Waals surface area contributed by atoms with Gasteiger partial charge in [-0.05, 0) is 203 Å². The van der Waals surface area contributed by atoms with E-state index in [1.807, 2.05) is 55.5 Å². The molecule has 0 radical (unpaired) electrons. The zero-order valence-electron chi connectivity index (χ0n) is 45.9. The third-order valence-corrected chi connectivity index (χ3v) is 16.6. The van der Waals surface area contributed by atoms with E-state index in [2.05, 4.69) is 211 Å². The Morgan fingerprint density at radius 1 is 0.358 bits per heavy atom. The molecule has 4 aromatic heterocycles. The molecule has 0 atom stereocenters. The van der Waals surface area contributed by atoms with Crippen LogP contribution >= 0.6 is 0 Å². The van der Waals surface area contributed by atoms with E-state index in [-0.39, 0.29) is 0 Å². The molecule has 0 unspecified atom stereocenters. The fourth-order valence-electron chi connectivity index (χ4n) is 13.1. The fraction of sp³-hybridized carbons (Fsp3) is 0.0946. The number of hydrogen-bond donors (Lipinski definition) is 0. The van der Waals surface area contributed by atoms with E-state index in [1.54, 1.807) is 6.08 Å². The number of hydrogen-bond acceptors (Lipinski definition) is 3. The summed E-state index contributed by atoms with van der Waals surface area (Å²) in [6.07, 6.45) is 6.21. The van der Waals surface area contributed by atoms with Gasteiger partial charge in [-0.25, -0.2) is 0 Å². The van der Waals surface area contributed by atoms with E-state index < -0.39 is 0 Å². The van der Waals surface area contributed by atoms with Gasteiger partial charge in [0, 0.05) is 60.9 Å². The first-order chi connectivity index (χ1) is 39.5. The largest absolute Gasteiger partial charge is 0.309 e. The van der Waals surface area contributed by atoms with Gasteiger partial charge >= 0.3 is 0 Å². The summed E-state index contributed by atoms with van der Waals surface area (Å²) in [7, 11) is 0. The zero-order valence-corrected chi connectivity index (χ0v) is 45.9. The topological polar surface area (TPSA) is 91.1 Å². The van der Waals surface area contributed by atoms with Gasteiger partial charge in [0.05, 0.1) is 90.4 Å². The van der Waals surface area contributed by atoms with E-state index in [9.17, 15) is 15.8 Å². The van der Waals surface area contributed by atoms with Crippen molar-refractivity contribution in [2.45, 2.75) is 48.0 Å². The molecule has 0 amide bonds. The molecular weight excluding hydrogens is 987 g/mol. The van der Waals surface area contributed by atoms with Crippen molar-refractivity contribution in [2.24, 2.45) is 0 Å². The average Bonchev–Trinajstić information content (AvgIpc) is 3.08. The molecule has 0 saturated carbocycles. The molecular formula is C74H53N7. The highest BCUT2D eigenvalue weighted by molar-refractivity contribution is 6.14. The molecule has 0 fully saturated rings. The van der Waals surface area contributed by atoms with E-state index in [0.717, 1.165) is 127 Å². The van der Waals surface area contributed by atoms with Gasteiger partial charge in [0.25, 0.3) is 0 Å². The van der Waals surface area contributed by atoms with Gasteiger partial charge in [0.1, 0.15) is 0 Å². The van der Waals surface area contributed by atoms with Crippen LogP contribution in [0.3, 0.4) is 0 Å². The molecule has 1 aliphatic rings. The van der Waals surface area contributed by atoms with Crippen molar-refractivity contribution in [1.82, 2.24) is 18.3 Å². The average molecular weight is 1040 g/mol. The molecule has 0 bridgehead atoms. The third-order valence-electron chi connectivity index (χ3n) is 16.6. The quantitative estimate of drug-likeness (QED) is 0.161. The molecule has 7 nitrogen and oxygen atoms in total. The highest BCUT2D eigenvalue weighted by Gasteiger charge is 2.31. The van der Waals surface area contributed by atoms with Crippen LogP contribution in [-0.2, 0) is 6.42 Å². The first-order valence-electron chi connectivity index (χ1n) is 27.4. The first-order valence-corrected chi connectivity index (χ1v) is 27.4. The van der Waals surface area contributed by atoms with Crippen LogP contribution in [0.5, 0.6) is 0 Å². The number of aromatic nitrogens is 4. The molecule has 1 aliphatic carbocycles. The van der Waals surface area contributed by atoms with Gasteiger partial charge in [-0.2, -0.15) is 15.8 Å². The summed E-state index contributed by atoms with van der Waals surface area (Å²) in [5.41, 5.74) is 25.1. The lowest BCUT2D eigenvalue weighted by atomic mass is 10.0. The van der Waals surface area contributed by atoms with Crippen LogP contribution < -0.4 is 0 Å². The Kier molecular flexibility index (Phi) is 11.1. The van der Waals surface area contributed by atoms with Gasteiger partial charge in [-0.1, -0.05) is 83.0 Å². The van der Waals surface area contributed by atoms with Crippen molar-refractivity contribution >= 4 is 87.2 Å². The number of nitrogens with zero attached hydrogens (tertiary/aromatic N) is 7. The monoisotopic (exact) mass is 1040 g/mol. The lowest BCUT2D eigenvalue weighted by molar-refractivity contribution is 1.07. The highest BCUT2D eigenvalue weighted by Crippen LogP contribution is 2.50. The maximum absolute atomic E-state index is 10.3. The molecule has 10 aromatic carbocycles. The summed E-state index contributed by atoms with van der Waals surface area (Å²) < 4.78 is 9.70. The number of nitriles is 3. The van der Waals surface area contributed by atoms with Crippen molar-refractivity contribution in [3.63, 3.8) is 0 Å². The predicted molar refractivity (Wildman–Crippen MR) is 335 cm³/mol. The van der Waals surface area contributed by atoms with Crippen LogP contribution in [0.2, 0.25) is 0 Å². The maximum Gasteiger partial charge on any atom is 0.0991 e. The van der Waals surface area contributed by atoms with Gasteiger partial charge in [-0.15, -0.1) is 0 Å². The minimum Gasteiger partial charge on any atom is -0.309 e. The minimum atomic E-state index is 0.618. The second-order valence-corrected chi connectivity index (χ2v) is 21.9. The summed E-state index contributed by atoms with van der Waals surface area (Å²) in [6, 6.07) is 68.7. The van der Waals surface area contributed by atoms with Crippen molar-refractivity contribution in [1.29, 1.82) is 15.8 Å². The fourth-order valence-corrected chi connectivity index (χ4v) is 13.1. The van der Waals surface area contributed by atoms with Crippen LogP contribution in [0.25, 0.3) is 121 Å². The van der Waals surface area contributed by atoms with E-state index >= 15 is 0 Å². The Labute approximate surface area is 469 Å². The van der Waals surface area contributed by atoms with Crippen molar-refractivity contribution < 1.29 is 0 Å². The first kappa shape index (κ1) is 48.7. The number of fused-ring (bicyclic) bond motifs is 15. The standard InChI is InChI=1S/C69H45N7.C5H8/c1-38-6-14-60-50(22-38)51-23-39(2)7-15-61(51)73(60)46-30-48-49-31-47(74-62-16-8-40(3)24-52(62)55-27-43(35-70)11-19-63(55)74)33-69(76-65-18-10-42(5)26-54(65)57-29-45(37-72)13-21-67(57)76)59(49)34-58(48)68(32-46)75-64-17-9-41(4)25-53(64)56-28-44(36-71)12-20-66(56)75;1-3-5-4-2/h6-33H,34H2,1-5H3;3-5H,1H2,2H3/b;5-4-. The summed E-state index contributed by atoms with van der Waals surface area (Å²) in [4.78, 5) is 0. The minimum absolute atomic E-state index is 0.618. The van der Waals surface area contributed by atoms with Gasteiger partial charge in [-0.3, -0.25) is 0 Å². The lowest BCUT2D eigenvalue weighted by Gasteiger charge is -2.18. The van der Waals surface area contributed by atoms with Gasteiger partial charge in [0.2, 0.25) is 0 Å². The van der Waals surface area contributed by atoms with Crippen LogP contribution in [0.4, 0.5) is 0 Å². The Morgan fingerprint density at radius 3 is 0.889 bits per heavy atom. The zero-order chi connectivity index (χ0) is 55.5. The van der Waals surface area contributed by atoms with Crippen LogP contribution in [-0.4, -0.2) is 18.3 Å². The normalized spacial score (nSPS) is 12.0. The lowest BCUT2D eigenvalue weighted by Crippen LogP contribution is -2.04. The van der Waals surface area contributed by atoms with Gasteiger partial charge in [0.15, 0.2) is 0 Å². The summed E-state index contributed by atoms with van der Waals surface area (Å²) in [6.45, 7) is 16.1. The number of aryl methyl sites for hydroxylation is 5. The molecule has 384 valence electrons. The molecule has 0 saturated heterocycles. The molecule has 0 aliphatic heterocycles. The Balaban J connectivity index is 0.00000113. The molecule has 81 heavy (non-hydrogen) atoms. The van der Waals surface area contributed by atoms with Crippen molar-refractivity contribution in [3.05, 3.63) is 250 Å². The number of rotatable bonds is 5. The second kappa shape index (κ2) is 18.5. The summed E-state index contributed by atoms with van der Waals surface area (Å²) >= 11 is 0. The Morgan fingerprint density at radius 2 is 0.630 bits per heavy atom. The molecule has 0 N–H and O–H groups in total. The summed E-state index contributed by atoms with van der Waals surface area (Å²) in [5.74, 6) is 0. The number of allylic oxidation sites excluding steroid dienone is 3. The van der Waals surface area contributed by atoms with Crippen LogP contribution in [0.15, 0.2) is 195 Å². The Hall–Kier alpha value is -10.7. The van der Waals surface area contributed by atoms with Crippen LogP contribution in [0, 0.1) is 68.6 Å². The number of benzene rings is 10. The molecule has 0 spiro atoms. The van der Waals surface area contributed by atoms with Crippen molar-refractivity contribution in [3.8, 4) is 52.1 Å². The van der Waals surface area contributed by atoms with E-state index in [4.69, 9.17) is 0 Å². The van der Waals surface area contributed by atoms with Gasteiger partial charge < -0.3 is 18.3 Å². The van der Waals surface area contributed by atoms with Crippen LogP contribution in [0.1, 0.15) is 62.6 Å². The predicted octanol–water partition coefficient (Wildman–Crippen LogP) is 18.6. The molecule has 7 heteroatoms. The van der Waals surface area contributed by atoms with Crippen molar-refractivity contribution in [2.75, 3.05) is 0 Å².